The molecule has 1 heteroatoms. The molecular weight excluding hydrogens is 350 g/mol. The number of pyridine rings is 1. The van der Waals surface area contributed by atoms with Crippen molar-refractivity contribution in [2.45, 2.75) is 27.3 Å². The lowest BCUT2D eigenvalue weighted by Gasteiger charge is -2.30. The van der Waals surface area contributed by atoms with E-state index in [0.29, 0.717) is 11.8 Å². The van der Waals surface area contributed by atoms with Crippen LogP contribution < -0.4 is 4.57 Å². The Kier molecular flexibility index (Phi) is 3.39. The van der Waals surface area contributed by atoms with E-state index in [9.17, 15) is 0 Å². The highest BCUT2D eigenvalue weighted by molar-refractivity contribution is 6.10. The Balaban J connectivity index is 1.52. The highest BCUT2D eigenvalue weighted by Gasteiger charge is 2.37. The summed E-state index contributed by atoms with van der Waals surface area (Å²) in [5.41, 5.74) is 5.95. The minimum absolute atomic E-state index is 0.203. The van der Waals surface area contributed by atoms with E-state index in [1.54, 1.807) is 0 Å². The lowest BCUT2D eigenvalue weighted by molar-refractivity contribution is -0.682. The topological polar surface area (TPSA) is 3.88 Å². The third-order valence-corrected chi connectivity index (χ3v) is 6.81. The third kappa shape index (κ3) is 2.50. The van der Waals surface area contributed by atoms with Gasteiger partial charge in [-0.05, 0) is 27.8 Å². The summed E-state index contributed by atoms with van der Waals surface area (Å²) in [7, 11) is 0. The van der Waals surface area contributed by atoms with Crippen molar-refractivity contribution >= 4 is 27.1 Å². The smallest absolute Gasteiger partial charge is 0.193 e. The van der Waals surface area contributed by atoms with Crippen molar-refractivity contribution in [3.8, 4) is 0 Å². The molecule has 0 radical (unpaired) electrons. The van der Waals surface area contributed by atoms with E-state index in [4.69, 9.17) is 0 Å². The predicted octanol–water partition coefficient (Wildman–Crippen LogP) is 6.39. The number of hydrogen-bond donors (Lipinski definition) is 0. The first-order chi connectivity index (χ1) is 14.0. The highest BCUT2D eigenvalue weighted by Crippen LogP contribution is 2.43. The molecule has 0 spiro atoms. The lowest BCUT2D eigenvalue weighted by Crippen LogP contribution is -2.32. The summed E-state index contributed by atoms with van der Waals surface area (Å²) in [6.07, 6.45) is 14.6. The van der Waals surface area contributed by atoms with Crippen LogP contribution in [0.5, 0.6) is 0 Å². The van der Waals surface area contributed by atoms with E-state index < -0.39 is 0 Å². The molecule has 2 atom stereocenters. The SMILES string of the molecule is CC(C)(C)C1=CC2C=C3C[n+]4ccc5c(ccc6ccccc65)c4C3=CC2C=C1. The van der Waals surface area contributed by atoms with Gasteiger partial charge in [0.1, 0.15) is 0 Å². The van der Waals surface area contributed by atoms with E-state index in [-0.39, 0.29) is 5.41 Å². The van der Waals surface area contributed by atoms with E-state index in [0.717, 1.165) is 6.54 Å². The number of fused-ring (bicyclic) bond motifs is 8. The van der Waals surface area contributed by atoms with E-state index in [1.807, 2.05) is 0 Å². The molecule has 2 unspecified atom stereocenters. The molecule has 2 heterocycles. The fourth-order valence-corrected chi connectivity index (χ4v) is 5.22. The monoisotopic (exact) mass is 376 g/mol. The number of rotatable bonds is 0. The largest absolute Gasteiger partial charge is 0.220 e. The molecule has 1 aliphatic heterocycles. The number of hydrogen-bond acceptors (Lipinski definition) is 0. The molecule has 6 rings (SSSR count). The quantitative estimate of drug-likeness (QED) is 0.316. The Morgan fingerprint density at radius 2 is 1.69 bits per heavy atom. The Labute approximate surface area is 172 Å². The maximum atomic E-state index is 2.52. The van der Waals surface area contributed by atoms with Crippen LogP contribution in [0.15, 0.2) is 90.2 Å². The maximum Gasteiger partial charge on any atom is 0.220 e. The molecule has 2 aliphatic carbocycles. The van der Waals surface area contributed by atoms with Crippen molar-refractivity contribution in [3.63, 3.8) is 0 Å². The summed E-state index contributed by atoms with van der Waals surface area (Å²) in [6.45, 7) is 7.89. The second-order valence-electron chi connectivity index (χ2n) is 9.70. The molecule has 0 fully saturated rings. The fraction of sp³-hybridized carbons (Fsp3) is 0.250. The van der Waals surface area contributed by atoms with Crippen LogP contribution in [0.3, 0.4) is 0 Å². The fourth-order valence-electron chi connectivity index (χ4n) is 5.22. The highest BCUT2D eigenvalue weighted by atomic mass is 15.0. The van der Waals surface area contributed by atoms with E-state index in [1.165, 1.54) is 44.0 Å². The number of aromatic nitrogens is 1. The molecule has 1 nitrogen and oxygen atoms in total. The first-order valence-electron chi connectivity index (χ1n) is 10.7. The second-order valence-corrected chi connectivity index (χ2v) is 9.70. The Morgan fingerprint density at radius 3 is 2.55 bits per heavy atom. The van der Waals surface area contributed by atoms with Gasteiger partial charge in [-0.2, -0.15) is 4.57 Å². The molecule has 142 valence electrons. The van der Waals surface area contributed by atoms with Crippen molar-refractivity contribution < 1.29 is 4.57 Å². The Hall–Kier alpha value is -2.93. The van der Waals surface area contributed by atoms with Gasteiger partial charge in [0.25, 0.3) is 0 Å². The summed E-state index contributed by atoms with van der Waals surface area (Å²) < 4.78 is 2.43. The van der Waals surface area contributed by atoms with Crippen LogP contribution in [0.2, 0.25) is 0 Å². The van der Waals surface area contributed by atoms with Crippen molar-refractivity contribution in [1.29, 1.82) is 0 Å². The van der Waals surface area contributed by atoms with E-state index >= 15 is 0 Å². The van der Waals surface area contributed by atoms with Crippen LogP contribution >= 0.6 is 0 Å². The number of nitrogens with zero attached hydrogens (tertiary/aromatic N) is 1. The van der Waals surface area contributed by atoms with Gasteiger partial charge in [-0.3, -0.25) is 0 Å². The van der Waals surface area contributed by atoms with Gasteiger partial charge in [-0.25, -0.2) is 0 Å². The first-order valence-corrected chi connectivity index (χ1v) is 10.7. The Bertz CT molecular complexity index is 1310. The predicted molar refractivity (Wildman–Crippen MR) is 121 cm³/mol. The average molecular weight is 377 g/mol. The zero-order valence-electron chi connectivity index (χ0n) is 17.3. The van der Waals surface area contributed by atoms with Crippen molar-refractivity contribution in [3.05, 3.63) is 95.9 Å². The summed E-state index contributed by atoms with van der Waals surface area (Å²) in [6, 6.07) is 15.6. The van der Waals surface area contributed by atoms with Crippen LogP contribution in [0, 0.1) is 17.3 Å². The van der Waals surface area contributed by atoms with Gasteiger partial charge in [0.2, 0.25) is 5.69 Å². The minimum atomic E-state index is 0.203. The standard InChI is InChI=1S/C28H26N/c1-28(2,3)22-10-8-19-16-26-21(14-20(19)15-22)17-29-13-12-24-23-7-5-4-6-18(23)9-11-25(24)27(26)29/h4-16,19-20H,17H2,1-3H3/q+1. The zero-order valence-corrected chi connectivity index (χ0v) is 17.3. The van der Waals surface area contributed by atoms with Crippen LogP contribution in [-0.2, 0) is 6.54 Å². The van der Waals surface area contributed by atoms with Gasteiger partial charge >= 0.3 is 0 Å². The molecule has 3 aliphatic rings. The van der Waals surface area contributed by atoms with Gasteiger partial charge in [-0.15, -0.1) is 0 Å². The summed E-state index contributed by atoms with van der Waals surface area (Å²) in [4.78, 5) is 0. The Morgan fingerprint density at radius 1 is 0.828 bits per heavy atom. The first kappa shape index (κ1) is 17.0. The minimum Gasteiger partial charge on any atom is -0.193 e. The van der Waals surface area contributed by atoms with Crippen LogP contribution in [0.25, 0.3) is 27.1 Å². The van der Waals surface area contributed by atoms with Crippen molar-refractivity contribution in [1.82, 2.24) is 0 Å². The molecule has 1 aromatic heterocycles. The molecule has 0 amide bonds. The van der Waals surface area contributed by atoms with Gasteiger partial charge in [0.05, 0.1) is 11.0 Å². The van der Waals surface area contributed by atoms with Gasteiger partial charge in [0.15, 0.2) is 12.7 Å². The molecule has 0 bridgehead atoms. The number of benzene rings is 2. The summed E-state index contributed by atoms with van der Waals surface area (Å²) in [5, 5.41) is 5.37. The normalized spacial score (nSPS) is 22.7. The van der Waals surface area contributed by atoms with Crippen LogP contribution in [0.1, 0.15) is 26.5 Å². The third-order valence-electron chi connectivity index (χ3n) is 6.81. The maximum absolute atomic E-state index is 2.52. The zero-order chi connectivity index (χ0) is 19.8. The molecule has 3 aromatic rings. The lowest BCUT2D eigenvalue weighted by atomic mass is 9.74. The van der Waals surface area contributed by atoms with Gasteiger partial charge in [-0.1, -0.05) is 81.5 Å². The average Bonchev–Trinajstić information content (AvgIpc) is 3.08. The number of allylic oxidation sites excluding steroid dienone is 8. The van der Waals surface area contributed by atoms with Crippen LogP contribution in [0.4, 0.5) is 0 Å². The van der Waals surface area contributed by atoms with E-state index in [2.05, 4.69) is 104 Å². The summed E-state index contributed by atoms with van der Waals surface area (Å²) >= 11 is 0. The summed E-state index contributed by atoms with van der Waals surface area (Å²) in [5.74, 6) is 0.942. The molecule has 2 aromatic carbocycles. The van der Waals surface area contributed by atoms with Crippen LogP contribution in [-0.4, -0.2) is 0 Å². The molecule has 0 N–H and O–H groups in total. The van der Waals surface area contributed by atoms with Crippen molar-refractivity contribution in [2.75, 3.05) is 0 Å². The van der Waals surface area contributed by atoms with Gasteiger partial charge < -0.3 is 0 Å². The molecule has 0 saturated heterocycles. The molecule has 29 heavy (non-hydrogen) atoms. The van der Waals surface area contributed by atoms with Gasteiger partial charge in [0, 0.05) is 28.9 Å². The van der Waals surface area contributed by atoms with Crippen molar-refractivity contribution in [2.24, 2.45) is 17.3 Å². The molecule has 0 saturated carbocycles. The molecular formula is C28H26N+. The second kappa shape index (κ2) is 5.79.